The van der Waals surface area contributed by atoms with Crippen molar-refractivity contribution < 1.29 is 19.5 Å². The SMILES string of the molecule is Cc1cc(C(C)(C)O)c2cc(B(O)O)cc(F)c2n1. The molecule has 0 spiro atoms. The number of aliphatic hydroxyl groups is 1. The van der Waals surface area contributed by atoms with Gasteiger partial charge in [0.1, 0.15) is 11.3 Å². The van der Waals surface area contributed by atoms with Crippen LogP contribution < -0.4 is 5.46 Å². The Labute approximate surface area is 110 Å². The molecule has 1 heterocycles. The second-order valence-electron chi connectivity index (χ2n) is 5.14. The van der Waals surface area contributed by atoms with E-state index in [1.807, 2.05) is 0 Å². The molecule has 0 unspecified atom stereocenters. The van der Waals surface area contributed by atoms with Gasteiger partial charge in [0.2, 0.25) is 0 Å². The van der Waals surface area contributed by atoms with Gasteiger partial charge >= 0.3 is 7.12 Å². The Bertz CT molecular complexity index is 638. The Morgan fingerprint density at radius 1 is 1.21 bits per heavy atom. The second kappa shape index (κ2) is 4.56. The Morgan fingerprint density at radius 2 is 1.84 bits per heavy atom. The highest BCUT2D eigenvalue weighted by Crippen LogP contribution is 2.28. The molecule has 0 saturated heterocycles. The van der Waals surface area contributed by atoms with Crippen LogP contribution in [0.1, 0.15) is 25.1 Å². The monoisotopic (exact) mass is 263 g/mol. The second-order valence-corrected chi connectivity index (χ2v) is 5.14. The predicted octanol–water partition coefficient (Wildman–Crippen LogP) is 0.590. The lowest BCUT2D eigenvalue weighted by Crippen LogP contribution is -2.30. The molecule has 4 nitrogen and oxygen atoms in total. The summed E-state index contributed by atoms with van der Waals surface area (Å²) in [5.74, 6) is -0.644. The minimum absolute atomic E-state index is 0.0288. The molecular weight excluding hydrogens is 248 g/mol. The van der Waals surface area contributed by atoms with E-state index in [1.54, 1.807) is 26.8 Å². The van der Waals surface area contributed by atoms with E-state index < -0.39 is 18.5 Å². The minimum Gasteiger partial charge on any atom is -0.423 e. The fourth-order valence-corrected chi connectivity index (χ4v) is 2.09. The summed E-state index contributed by atoms with van der Waals surface area (Å²) in [6.45, 7) is 4.88. The van der Waals surface area contributed by atoms with Gasteiger partial charge in [0.05, 0.1) is 5.60 Å². The summed E-state index contributed by atoms with van der Waals surface area (Å²) in [4.78, 5) is 4.10. The summed E-state index contributed by atoms with van der Waals surface area (Å²) in [7, 11) is -1.77. The molecule has 100 valence electrons. The van der Waals surface area contributed by atoms with Gasteiger partial charge in [-0.2, -0.15) is 0 Å². The van der Waals surface area contributed by atoms with E-state index in [1.165, 1.54) is 6.07 Å². The summed E-state index contributed by atoms with van der Waals surface area (Å²) in [6, 6.07) is 4.13. The third kappa shape index (κ3) is 2.61. The van der Waals surface area contributed by atoms with Crippen molar-refractivity contribution in [2.24, 2.45) is 0 Å². The lowest BCUT2D eigenvalue weighted by molar-refractivity contribution is 0.0800. The van der Waals surface area contributed by atoms with Crippen molar-refractivity contribution in [3.63, 3.8) is 0 Å². The molecule has 2 rings (SSSR count). The molecule has 0 aliphatic heterocycles. The standard InChI is InChI=1S/C13H15BFNO3/c1-7-4-10(13(2,3)17)9-5-8(14(18)19)6-11(15)12(9)16-7/h4-6,17-19H,1-3H3. The van der Waals surface area contributed by atoms with Crippen LogP contribution in [-0.2, 0) is 5.60 Å². The number of rotatable bonds is 2. The third-order valence-corrected chi connectivity index (χ3v) is 2.97. The number of benzene rings is 1. The summed E-state index contributed by atoms with van der Waals surface area (Å²) in [5, 5.41) is 28.9. The maximum atomic E-state index is 14.0. The summed E-state index contributed by atoms with van der Waals surface area (Å²) in [5.41, 5.74) is 0.0390. The van der Waals surface area contributed by atoms with Crippen LogP contribution in [0.15, 0.2) is 18.2 Å². The van der Waals surface area contributed by atoms with Gasteiger partial charge in [-0.3, -0.25) is 4.98 Å². The maximum absolute atomic E-state index is 14.0. The van der Waals surface area contributed by atoms with E-state index in [0.29, 0.717) is 16.6 Å². The highest BCUT2D eigenvalue weighted by Gasteiger charge is 2.23. The molecule has 1 aromatic carbocycles. The van der Waals surface area contributed by atoms with Crippen LogP contribution in [0.3, 0.4) is 0 Å². The lowest BCUT2D eigenvalue weighted by Gasteiger charge is -2.21. The van der Waals surface area contributed by atoms with E-state index in [-0.39, 0.29) is 11.0 Å². The van der Waals surface area contributed by atoms with Crippen LogP contribution in [0.5, 0.6) is 0 Å². The zero-order valence-corrected chi connectivity index (χ0v) is 11.0. The Morgan fingerprint density at radius 3 is 2.37 bits per heavy atom. The molecule has 0 aliphatic carbocycles. The molecule has 0 fully saturated rings. The van der Waals surface area contributed by atoms with Gasteiger partial charge in [0.25, 0.3) is 0 Å². The Hall–Kier alpha value is -1.50. The Kier molecular flexibility index (Phi) is 3.34. The number of aryl methyl sites for hydroxylation is 1. The van der Waals surface area contributed by atoms with E-state index in [0.717, 1.165) is 6.07 Å². The minimum atomic E-state index is -1.77. The molecule has 0 bridgehead atoms. The number of pyridine rings is 1. The average Bonchev–Trinajstić information content (AvgIpc) is 2.27. The van der Waals surface area contributed by atoms with Gasteiger partial charge in [0.15, 0.2) is 0 Å². The lowest BCUT2D eigenvalue weighted by atomic mass is 9.78. The van der Waals surface area contributed by atoms with E-state index in [4.69, 9.17) is 10.0 Å². The predicted molar refractivity (Wildman–Crippen MR) is 71.5 cm³/mol. The molecule has 0 atom stereocenters. The highest BCUT2D eigenvalue weighted by atomic mass is 19.1. The maximum Gasteiger partial charge on any atom is 0.488 e. The molecule has 0 aliphatic rings. The van der Waals surface area contributed by atoms with Gasteiger partial charge in [-0.15, -0.1) is 0 Å². The Balaban J connectivity index is 2.88. The fraction of sp³-hybridized carbons (Fsp3) is 0.308. The summed E-state index contributed by atoms with van der Waals surface area (Å²) < 4.78 is 14.0. The van der Waals surface area contributed by atoms with Crippen LogP contribution in [0.4, 0.5) is 4.39 Å². The zero-order valence-electron chi connectivity index (χ0n) is 11.0. The first kappa shape index (κ1) is 13.9. The van der Waals surface area contributed by atoms with Crippen LogP contribution in [-0.4, -0.2) is 27.3 Å². The van der Waals surface area contributed by atoms with Gasteiger partial charge in [0, 0.05) is 11.1 Å². The van der Waals surface area contributed by atoms with Crippen molar-refractivity contribution in [1.82, 2.24) is 4.98 Å². The molecule has 3 N–H and O–H groups in total. The number of fused-ring (bicyclic) bond motifs is 1. The third-order valence-electron chi connectivity index (χ3n) is 2.97. The van der Waals surface area contributed by atoms with E-state index >= 15 is 0 Å². The molecular formula is C13H15BFNO3. The first-order chi connectivity index (χ1) is 8.70. The number of aromatic nitrogens is 1. The molecule has 19 heavy (non-hydrogen) atoms. The quantitative estimate of drug-likeness (QED) is 0.693. The molecule has 0 amide bonds. The number of halogens is 1. The first-order valence-electron chi connectivity index (χ1n) is 5.90. The number of nitrogens with zero attached hydrogens (tertiary/aromatic N) is 1. The number of hydrogen-bond acceptors (Lipinski definition) is 4. The van der Waals surface area contributed by atoms with Gasteiger partial charge < -0.3 is 15.2 Å². The zero-order chi connectivity index (χ0) is 14.4. The largest absolute Gasteiger partial charge is 0.488 e. The van der Waals surface area contributed by atoms with Crippen LogP contribution in [0, 0.1) is 12.7 Å². The first-order valence-corrected chi connectivity index (χ1v) is 5.90. The van der Waals surface area contributed by atoms with Crippen LogP contribution in [0.25, 0.3) is 10.9 Å². The van der Waals surface area contributed by atoms with Crippen molar-refractivity contribution in [3.8, 4) is 0 Å². The molecule has 0 radical (unpaired) electrons. The normalized spacial score (nSPS) is 11.9. The van der Waals surface area contributed by atoms with E-state index in [2.05, 4.69) is 4.98 Å². The molecule has 0 saturated carbocycles. The van der Waals surface area contributed by atoms with E-state index in [9.17, 15) is 9.50 Å². The molecule has 6 heteroatoms. The fourth-order valence-electron chi connectivity index (χ4n) is 2.09. The topological polar surface area (TPSA) is 73.6 Å². The molecule has 2 aromatic rings. The summed E-state index contributed by atoms with van der Waals surface area (Å²) >= 11 is 0. The summed E-state index contributed by atoms with van der Waals surface area (Å²) in [6.07, 6.45) is 0. The average molecular weight is 263 g/mol. The van der Waals surface area contributed by atoms with Gasteiger partial charge in [-0.05, 0) is 43.9 Å². The molecule has 1 aromatic heterocycles. The smallest absolute Gasteiger partial charge is 0.423 e. The highest BCUT2D eigenvalue weighted by molar-refractivity contribution is 6.58. The van der Waals surface area contributed by atoms with Crippen molar-refractivity contribution >= 4 is 23.5 Å². The van der Waals surface area contributed by atoms with Gasteiger partial charge in [-0.25, -0.2) is 4.39 Å². The van der Waals surface area contributed by atoms with Crippen molar-refractivity contribution in [2.75, 3.05) is 0 Å². The van der Waals surface area contributed by atoms with Crippen LogP contribution in [0.2, 0.25) is 0 Å². The van der Waals surface area contributed by atoms with Crippen molar-refractivity contribution in [2.45, 2.75) is 26.4 Å². The van der Waals surface area contributed by atoms with Crippen LogP contribution >= 0.6 is 0 Å². The van der Waals surface area contributed by atoms with Crippen molar-refractivity contribution in [3.05, 3.63) is 35.3 Å². The number of hydrogen-bond donors (Lipinski definition) is 3. The van der Waals surface area contributed by atoms with Crippen molar-refractivity contribution in [1.29, 1.82) is 0 Å². The van der Waals surface area contributed by atoms with Gasteiger partial charge in [-0.1, -0.05) is 6.07 Å².